The highest BCUT2D eigenvalue weighted by atomic mass is 19.1. The molecule has 1 heterocycles. The monoisotopic (exact) mass is 251 g/mol. The van der Waals surface area contributed by atoms with Gasteiger partial charge in [0.2, 0.25) is 0 Å². The van der Waals surface area contributed by atoms with Gasteiger partial charge in [0.1, 0.15) is 5.82 Å². The van der Waals surface area contributed by atoms with Crippen molar-refractivity contribution in [2.24, 2.45) is 5.92 Å². The molecule has 98 valence electrons. The molecule has 2 rings (SSSR count). The Morgan fingerprint density at radius 2 is 2.00 bits per heavy atom. The highest BCUT2D eigenvalue weighted by Crippen LogP contribution is 2.17. The number of halogens is 1. The summed E-state index contributed by atoms with van der Waals surface area (Å²) in [6, 6.07) is 4.55. The second-order valence-corrected chi connectivity index (χ2v) is 5.19. The molecule has 0 spiro atoms. The fourth-order valence-electron chi connectivity index (χ4n) is 2.37. The molecule has 0 radical (unpaired) electrons. The lowest BCUT2D eigenvalue weighted by molar-refractivity contribution is 0.185. The molecule has 0 aromatic heterocycles. The number of benzene rings is 1. The minimum absolute atomic E-state index is 0.0436. The van der Waals surface area contributed by atoms with Gasteiger partial charge >= 0.3 is 7.12 Å². The fourth-order valence-corrected chi connectivity index (χ4v) is 2.37. The zero-order valence-corrected chi connectivity index (χ0v) is 10.6. The van der Waals surface area contributed by atoms with Gasteiger partial charge in [0.15, 0.2) is 0 Å². The van der Waals surface area contributed by atoms with Crippen molar-refractivity contribution in [3.05, 3.63) is 29.6 Å². The van der Waals surface area contributed by atoms with Crippen molar-refractivity contribution in [2.45, 2.75) is 26.3 Å². The Morgan fingerprint density at radius 1 is 1.33 bits per heavy atom. The second kappa shape index (κ2) is 5.82. The van der Waals surface area contributed by atoms with Gasteiger partial charge in [-0.2, -0.15) is 0 Å². The van der Waals surface area contributed by atoms with Crippen LogP contribution in [-0.4, -0.2) is 35.2 Å². The van der Waals surface area contributed by atoms with Crippen LogP contribution in [0.2, 0.25) is 0 Å². The summed E-state index contributed by atoms with van der Waals surface area (Å²) in [5, 5.41) is 18.1. The van der Waals surface area contributed by atoms with Crippen LogP contribution < -0.4 is 5.46 Å². The first kappa shape index (κ1) is 13.5. The first-order chi connectivity index (χ1) is 8.56. The Labute approximate surface area is 107 Å². The molecule has 1 aromatic rings. The molecule has 0 bridgehead atoms. The summed E-state index contributed by atoms with van der Waals surface area (Å²) in [5.41, 5.74) is 0.881. The van der Waals surface area contributed by atoms with Crippen LogP contribution in [0, 0.1) is 11.7 Å². The topological polar surface area (TPSA) is 43.7 Å². The zero-order valence-electron chi connectivity index (χ0n) is 10.6. The Kier molecular flexibility index (Phi) is 4.38. The van der Waals surface area contributed by atoms with Crippen molar-refractivity contribution in [3.8, 4) is 0 Å². The van der Waals surface area contributed by atoms with Crippen LogP contribution in [0.4, 0.5) is 4.39 Å². The number of likely N-dealkylation sites (tertiary alicyclic amines) is 1. The first-order valence-corrected chi connectivity index (χ1v) is 6.43. The largest absolute Gasteiger partial charge is 0.491 e. The Hall–Kier alpha value is -0.905. The van der Waals surface area contributed by atoms with E-state index in [1.807, 2.05) is 0 Å². The highest BCUT2D eigenvalue weighted by Gasteiger charge is 2.19. The predicted molar refractivity (Wildman–Crippen MR) is 69.9 cm³/mol. The maximum absolute atomic E-state index is 13.3. The molecule has 0 amide bonds. The molecule has 18 heavy (non-hydrogen) atoms. The molecule has 1 saturated heterocycles. The van der Waals surface area contributed by atoms with Crippen molar-refractivity contribution in [1.82, 2.24) is 4.90 Å². The van der Waals surface area contributed by atoms with Gasteiger partial charge in [0.05, 0.1) is 0 Å². The van der Waals surface area contributed by atoms with Gasteiger partial charge in [-0.05, 0) is 43.5 Å². The molecule has 1 aromatic carbocycles. The number of piperidine rings is 1. The minimum Gasteiger partial charge on any atom is -0.423 e. The average molecular weight is 251 g/mol. The van der Waals surface area contributed by atoms with Crippen LogP contribution in [0.1, 0.15) is 25.3 Å². The maximum atomic E-state index is 13.3. The van der Waals surface area contributed by atoms with Crippen molar-refractivity contribution in [2.75, 3.05) is 13.1 Å². The molecule has 2 N–H and O–H groups in total. The van der Waals surface area contributed by atoms with Crippen LogP contribution in [0.3, 0.4) is 0 Å². The highest BCUT2D eigenvalue weighted by molar-refractivity contribution is 6.58. The zero-order chi connectivity index (χ0) is 13.1. The van der Waals surface area contributed by atoms with Gasteiger partial charge in [-0.15, -0.1) is 0 Å². The van der Waals surface area contributed by atoms with E-state index in [9.17, 15) is 4.39 Å². The number of hydrogen-bond donors (Lipinski definition) is 2. The van der Waals surface area contributed by atoms with Gasteiger partial charge in [-0.1, -0.05) is 19.1 Å². The first-order valence-electron chi connectivity index (χ1n) is 6.43. The van der Waals surface area contributed by atoms with Crippen LogP contribution in [-0.2, 0) is 6.54 Å². The number of nitrogens with zero attached hydrogens (tertiary/aromatic N) is 1. The quantitative estimate of drug-likeness (QED) is 0.778. The molecule has 1 aliphatic rings. The molecule has 1 aliphatic heterocycles. The lowest BCUT2D eigenvalue weighted by Crippen LogP contribution is -2.35. The Morgan fingerprint density at radius 3 is 2.61 bits per heavy atom. The molecule has 0 saturated carbocycles. The van der Waals surface area contributed by atoms with E-state index in [2.05, 4.69) is 11.8 Å². The molecule has 1 fully saturated rings. The summed E-state index contributed by atoms with van der Waals surface area (Å²) >= 11 is 0. The van der Waals surface area contributed by atoms with Gasteiger partial charge in [0.25, 0.3) is 0 Å². The number of hydrogen-bond acceptors (Lipinski definition) is 3. The van der Waals surface area contributed by atoms with Gasteiger partial charge in [0, 0.05) is 12.0 Å². The van der Waals surface area contributed by atoms with Crippen molar-refractivity contribution in [1.29, 1.82) is 0 Å². The van der Waals surface area contributed by atoms with Crippen LogP contribution in [0.25, 0.3) is 0 Å². The van der Waals surface area contributed by atoms with E-state index in [4.69, 9.17) is 10.0 Å². The van der Waals surface area contributed by atoms with Crippen LogP contribution in [0.15, 0.2) is 18.2 Å². The second-order valence-electron chi connectivity index (χ2n) is 5.19. The summed E-state index contributed by atoms with van der Waals surface area (Å²) in [4.78, 5) is 2.32. The van der Waals surface area contributed by atoms with E-state index >= 15 is 0 Å². The fraction of sp³-hybridized carbons (Fsp3) is 0.538. The average Bonchev–Trinajstić information content (AvgIpc) is 2.34. The Balaban J connectivity index is 2.03. The van der Waals surface area contributed by atoms with E-state index in [1.54, 1.807) is 6.07 Å². The molecule has 3 nitrogen and oxygen atoms in total. The summed E-state index contributed by atoms with van der Waals surface area (Å²) in [7, 11) is -1.74. The standard InChI is InChI=1S/C13H19BFNO2/c1-10-4-6-16(7-5-10)9-11-2-3-13(15)12(8-11)14(17)18/h2-3,8,10,17-18H,4-7,9H2,1H3. The van der Waals surface area contributed by atoms with E-state index < -0.39 is 12.9 Å². The van der Waals surface area contributed by atoms with E-state index in [0.29, 0.717) is 0 Å². The predicted octanol–water partition coefficient (Wildman–Crippen LogP) is 0.737. The summed E-state index contributed by atoms with van der Waals surface area (Å²) in [6.45, 7) is 5.10. The minimum atomic E-state index is -1.74. The smallest absolute Gasteiger partial charge is 0.423 e. The SMILES string of the molecule is CC1CCN(Cc2ccc(F)c(B(O)O)c2)CC1. The lowest BCUT2D eigenvalue weighted by Gasteiger charge is -2.30. The third-order valence-electron chi connectivity index (χ3n) is 3.62. The molecular weight excluding hydrogens is 232 g/mol. The molecule has 0 atom stereocenters. The van der Waals surface area contributed by atoms with Crippen molar-refractivity contribution >= 4 is 12.6 Å². The third kappa shape index (κ3) is 3.31. The lowest BCUT2D eigenvalue weighted by atomic mass is 9.79. The van der Waals surface area contributed by atoms with Crippen LogP contribution in [0.5, 0.6) is 0 Å². The Bertz CT molecular complexity index is 406. The molecule has 5 heteroatoms. The van der Waals surface area contributed by atoms with E-state index in [0.717, 1.165) is 31.1 Å². The van der Waals surface area contributed by atoms with Gasteiger partial charge in [-0.3, -0.25) is 4.90 Å². The summed E-state index contributed by atoms with van der Waals surface area (Å²) < 4.78 is 13.3. The van der Waals surface area contributed by atoms with Gasteiger partial charge < -0.3 is 10.0 Å². The molecular formula is C13H19BFNO2. The third-order valence-corrected chi connectivity index (χ3v) is 3.62. The van der Waals surface area contributed by atoms with E-state index in [-0.39, 0.29) is 5.46 Å². The number of rotatable bonds is 3. The van der Waals surface area contributed by atoms with Crippen LogP contribution >= 0.6 is 0 Å². The van der Waals surface area contributed by atoms with Crippen molar-refractivity contribution < 1.29 is 14.4 Å². The molecule has 0 unspecified atom stereocenters. The van der Waals surface area contributed by atoms with Crippen molar-refractivity contribution in [3.63, 3.8) is 0 Å². The summed E-state index contributed by atoms with van der Waals surface area (Å²) in [5.74, 6) is 0.213. The molecule has 0 aliphatic carbocycles. The normalized spacial score (nSPS) is 18.0. The van der Waals surface area contributed by atoms with E-state index in [1.165, 1.54) is 25.0 Å². The summed E-state index contributed by atoms with van der Waals surface area (Å²) in [6.07, 6.45) is 2.38. The maximum Gasteiger partial charge on any atom is 0.491 e. The van der Waals surface area contributed by atoms with Gasteiger partial charge in [-0.25, -0.2) is 4.39 Å².